The van der Waals surface area contributed by atoms with E-state index in [1.165, 1.54) is 16.7 Å². The molecular formula is C17H18N2O4S2. The first-order valence-electron chi connectivity index (χ1n) is 7.89. The molecule has 1 N–H and O–H groups in total. The fraction of sp³-hybridized carbons (Fsp3) is 0.412. The van der Waals surface area contributed by atoms with Gasteiger partial charge in [0.15, 0.2) is 11.9 Å². The molecule has 8 heteroatoms. The number of pyridine rings is 1. The van der Waals surface area contributed by atoms with Crippen LogP contribution in [0.4, 0.5) is 0 Å². The molecule has 1 unspecified atom stereocenters. The van der Waals surface area contributed by atoms with Crippen LogP contribution in [0.1, 0.15) is 24.3 Å². The second-order valence-corrected chi connectivity index (χ2v) is 7.72. The lowest BCUT2D eigenvalue weighted by molar-refractivity contribution is -0.678. The second-order valence-electron chi connectivity index (χ2n) is 6.22. The van der Waals surface area contributed by atoms with Crippen molar-refractivity contribution in [2.24, 2.45) is 13.0 Å². The van der Waals surface area contributed by atoms with Crippen molar-refractivity contribution in [2.45, 2.75) is 30.7 Å². The Morgan fingerprint density at radius 3 is 2.84 bits per heavy atom. The van der Waals surface area contributed by atoms with Crippen LogP contribution < -0.4 is 9.67 Å². The average Bonchev–Trinajstić information content (AvgIpc) is 2.87. The number of aliphatic carboxylic acids is 1. The molecule has 0 aromatic carbocycles. The number of aliphatic hydroxyl groups is 1. The molecule has 0 bridgehead atoms. The number of thioether (sulfide) groups is 1. The molecule has 132 valence electrons. The van der Waals surface area contributed by atoms with Crippen LogP contribution in [0.2, 0.25) is 0 Å². The van der Waals surface area contributed by atoms with Crippen LogP contribution in [0.5, 0.6) is 0 Å². The second kappa shape index (κ2) is 6.86. The average molecular weight is 378 g/mol. The number of carboxylic acids is 1. The molecule has 1 aromatic rings. The fourth-order valence-corrected chi connectivity index (χ4v) is 5.06. The molecule has 6 nitrogen and oxygen atoms in total. The third-order valence-corrected chi connectivity index (χ3v) is 6.38. The van der Waals surface area contributed by atoms with Gasteiger partial charge in [-0.2, -0.15) is 0 Å². The largest absolute Gasteiger partial charge is 0.543 e. The molecule has 25 heavy (non-hydrogen) atoms. The number of aryl methyl sites for hydroxylation is 1. The van der Waals surface area contributed by atoms with Crippen LogP contribution in [0.25, 0.3) is 0 Å². The minimum atomic E-state index is -1.37. The number of aliphatic hydroxyl groups excluding tert-OH is 1. The summed E-state index contributed by atoms with van der Waals surface area (Å²) in [5.74, 6) is -2.30. The number of fused-ring (bicyclic) bond motifs is 1. The first-order valence-corrected chi connectivity index (χ1v) is 9.24. The third-order valence-electron chi connectivity index (χ3n) is 4.66. The van der Waals surface area contributed by atoms with E-state index in [-0.39, 0.29) is 22.9 Å². The van der Waals surface area contributed by atoms with Crippen molar-refractivity contribution in [3.8, 4) is 0 Å². The highest BCUT2D eigenvalue weighted by atomic mass is 32.2. The van der Waals surface area contributed by atoms with Gasteiger partial charge in [-0.1, -0.05) is 18.3 Å². The lowest BCUT2D eigenvalue weighted by Gasteiger charge is -2.45. The number of amides is 1. The molecular weight excluding hydrogens is 360 g/mol. The topological polar surface area (TPSA) is 84.5 Å². The molecule has 1 saturated heterocycles. The summed E-state index contributed by atoms with van der Waals surface area (Å²) >= 11 is 6.47. The maximum Gasteiger partial charge on any atom is 0.235 e. The Hall–Kier alpha value is -1.77. The molecule has 0 spiro atoms. The molecule has 1 aromatic heterocycles. The number of carbonyl (C=O) groups is 2. The van der Waals surface area contributed by atoms with Gasteiger partial charge >= 0.3 is 0 Å². The summed E-state index contributed by atoms with van der Waals surface area (Å²) in [6.45, 7) is 1.55. The van der Waals surface area contributed by atoms with E-state index in [1.807, 2.05) is 36.0 Å². The number of aromatic nitrogens is 1. The Bertz CT molecular complexity index is 778. The molecule has 3 rings (SSSR count). The van der Waals surface area contributed by atoms with Gasteiger partial charge in [-0.25, -0.2) is 4.57 Å². The number of carboxylic acid groups (broad SMARTS) is 1. The quantitative estimate of drug-likeness (QED) is 0.421. The summed E-state index contributed by atoms with van der Waals surface area (Å²) < 4.78 is 1.92. The van der Waals surface area contributed by atoms with Gasteiger partial charge in [-0.3, -0.25) is 4.79 Å². The van der Waals surface area contributed by atoms with E-state index in [1.54, 1.807) is 12.3 Å². The Balaban J connectivity index is 1.91. The minimum Gasteiger partial charge on any atom is -0.543 e. The number of hydrogen-bond donors (Lipinski definition) is 1. The molecule has 0 radical (unpaired) electrons. The van der Waals surface area contributed by atoms with Crippen molar-refractivity contribution in [1.29, 1.82) is 0 Å². The van der Waals surface area contributed by atoms with Crippen molar-refractivity contribution in [2.75, 3.05) is 0 Å². The van der Waals surface area contributed by atoms with E-state index in [4.69, 9.17) is 12.2 Å². The van der Waals surface area contributed by atoms with E-state index in [9.17, 15) is 19.8 Å². The summed E-state index contributed by atoms with van der Waals surface area (Å²) in [4.78, 5) is 25.7. The molecule has 1 amide bonds. The first kappa shape index (κ1) is 18.0. The zero-order valence-corrected chi connectivity index (χ0v) is 15.4. The van der Waals surface area contributed by atoms with Crippen molar-refractivity contribution >= 4 is 41.2 Å². The Morgan fingerprint density at radius 2 is 2.28 bits per heavy atom. The lowest BCUT2D eigenvalue weighted by atomic mass is 9.83. The highest BCUT2D eigenvalue weighted by Gasteiger charge is 2.55. The number of carbonyl (C=O) groups excluding carboxylic acids is 2. The zero-order chi connectivity index (χ0) is 18.3. The first-order chi connectivity index (χ1) is 11.9. The van der Waals surface area contributed by atoms with Gasteiger partial charge in [0.2, 0.25) is 5.91 Å². The lowest BCUT2D eigenvalue weighted by Crippen LogP contribution is -2.62. The van der Waals surface area contributed by atoms with E-state index >= 15 is 0 Å². The minimum absolute atomic E-state index is 0.0858. The Morgan fingerprint density at radius 1 is 1.56 bits per heavy atom. The van der Waals surface area contributed by atoms with Gasteiger partial charge < -0.3 is 19.9 Å². The predicted octanol–water partition coefficient (Wildman–Crippen LogP) is -0.142. The molecule has 0 saturated carbocycles. The Kier molecular flexibility index (Phi) is 4.95. The van der Waals surface area contributed by atoms with Crippen LogP contribution in [0, 0.1) is 5.92 Å². The number of rotatable bonds is 6. The van der Waals surface area contributed by atoms with Crippen molar-refractivity contribution in [3.63, 3.8) is 0 Å². The van der Waals surface area contributed by atoms with Gasteiger partial charge in [-0.15, -0.1) is 11.8 Å². The van der Waals surface area contributed by atoms with Crippen LogP contribution in [0.3, 0.4) is 0 Å². The molecule has 4 atom stereocenters. The summed E-state index contributed by atoms with van der Waals surface area (Å²) in [6, 6.07) is 5.39. The third kappa shape index (κ3) is 2.98. The van der Waals surface area contributed by atoms with E-state index in [0.29, 0.717) is 11.3 Å². The standard InChI is InChI=1S/C17H18N2O4S2/c1-9(20)14-11-7-12(15(17(22)23)19(11)16(14)21)25-13(8-24)10-5-3-4-6-18(10)2/h3-6,8-9,11,13-14,20H,7H2,1-2H3/t9-,11-,13?,14-/m1/s1. The molecule has 0 aliphatic carbocycles. The number of nitrogens with zero attached hydrogens (tertiary/aromatic N) is 2. The highest BCUT2D eigenvalue weighted by molar-refractivity contribution is 8.04. The molecule has 1 fully saturated rings. The van der Waals surface area contributed by atoms with Crippen molar-refractivity contribution in [3.05, 3.63) is 40.7 Å². The summed E-state index contributed by atoms with van der Waals surface area (Å²) in [5, 5.41) is 22.8. The summed E-state index contributed by atoms with van der Waals surface area (Å²) in [6.07, 6.45) is 1.48. The van der Waals surface area contributed by atoms with Crippen LogP contribution in [-0.4, -0.2) is 39.4 Å². The van der Waals surface area contributed by atoms with E-state index in [2.05, 4.69) is 0 Å². The van der Waals surface area contributed by atoms with Crippen molar-refractivity contribution < 1.29 is 24.4 Å². The molecule has 3 heterocycles. The van der Waals surface area contributed by atoms with Gasteiger partial charge in [-0.05, 0) is 6.92 Å². The maximum atomic E-state index is 12.2. The van der Waals surface area contributed by atoms with Gasteiger partial charge in [0.25, 0.3) is 0 Å². The van der Waals surface area contributed by atoms with Gasteiger partial charge in [0.05, 0.1) is 29.7 Å². The summed E-state index contributed by atoms with van der Waals surface area (Å²) in [5.41, 5.74) is 0.845. The van der Waals surface area contributed by atoms with Gasteiger partial charge in [0, 0.05) is 28.8 Å². The van der Waals surface area contributed by atoms with E-state index in [0.717, 1.165) is 5.69 Å². The van der Waals surface area contributed by atoms with Gasteiger partial charge in [0.1, 0.15) is 12.3 Å². The zero-order valence-electron chi connectivity index (χ0n) is 13.8. The molecule has 2 aliphatic rings. The number of β-lactam (4-membered cyclic amide) rings is 1. The van der Waals surface area contributed by atoms with Crippen LogP contribution in [-0.2, 0) is 16.6 Å². The SMILES string of the molecule is C[C@@H](O)[C@H]1C(=O)N2C(C(=O)[O-])=C(SC(C=S)c3cccc[n+]3C)C[C@H]12. The normalized spacial score (nSPS) is 24.6. The summed E-state index contributed by atoms with van der Waals surface area (Å²) in [7, 11) is 1.89. The highest BCUT2D eigenvalue weighted by Crippen LogP contribution is 2.49. The number of thiocarbonyl (C=S) groups is 1. The molecule has 2 aliphatic heterocycles. The van der Waals surface area contributed by atoms with Crippen LogP contribution >= 0.6 is 24.0 Å². The predicted molar refractivity (Wildman–Crippen MR) is 94.1 cm³/mol. The monoisotopic (exact) mass is 378 g/mol. The number of hydrogen-bond acceptors (Lipinski definition) is 6. The maximum absolute atomic E-state index is 12.2. The van der Waals surface area contributed by atoms with E-state index < -0.39 is 18.0 Å². The van der Waals surface area contributed by atoms with Crippen molar-refractivity contribution in [1.82, 2.24) is 4.90 Å². The smallest absolute Gasteiger partial charge is 0.235 e. The Labute approximate surface area is 155 Å². The van der Waals surface area contributed by atoms with Crippen LogP contribution in [0.15, 0.2) is 35.0 Å². The fourth-order valence-electron chi connectivity index (χ4n) is 3.47.